The molecule has 0 N–H and O–H groups in total. The summed E-state index contributed by atoms with van der Waals surface area (Å²) in [6.45, 7) is 10.7. The summed E-state index contributed by atoms with van der Waals surface area (Å²) in [6, 6.07) is 26.9. The number of piperazine rings is 1. The molecule has 0 spiro atoms. The predicted octanol–water partition coefficient (Wildman–Crippen LogP) is 5.71. The van der Waals surface area contributed by atoms with Gasteiger partial charge in [-0.05, 0) is 38.8 Å². The van der Waals surface area contributed by atoms with Crippen molar-refractivity contribution in [3.05, 3.63) is 95.1 Å². The minimum absolute atomic E-state index is 0.184. The van der Waals surface area contributed by atoms with Crippen LogP contribution in [0.2, 0.25) is 0 Å². The lowest BCUT2D eigenvalue weighted by Gasteiger charge is -2.37. The molecule has 3 aromatic rings. The average molecular weight is 410 g/mol. The molecule has 0 unspecified atom stereocenters. The van der Waals surface area contributed by atoms with Crippen LogP contribution in [0.1, 0.15) is 49.1 Å². The van der Waals surface area contributed by atoms with E-state index in [1.165, 1.54) is 27.8 Å². The summed E-state index contributed by atoms with van der Waals surface area (Å²) in [6.07, 6.45) is 2.00. The first-order valence-electron chi connectivity index (χ1n) is 11.3. The minimum atomic E-state index is 0.184. The van der Waals surface area contributed by atoms with E-state index in [4.69, 9.17) is 5.10 Å². The Morgan fingerprint density at radius 1 is 0.742 bits per heavy atom. The van der Waals surface area contributed by atoms with E-state index >= 15 is 0 Å². The van der Waals surface area contributed by atoms with Gasteiger partial charge in [-0.2, -0.15) is 5.10 Å². The second kappa shape index (κ2) is 7.97. The third kappa shape index (κ3) is 3.90. The van der Waals surface area contributed by atoms with E-state index in [2.05, 4.69) is 103 Å². The van der Waals surface area contributed by atoms with Crippen LogP contribution in [0.15, 0.2) is 77.9 Å². The molecule has 3 nitrogen and oxygen atoms in total. The maximum atomic E-state index is 4.78. The van der Waals surface area contributed by atoms with Crippen molar-refractivity contribution >= 4 is 6.21 Å². The van der Waals surface area contributed by atoms with Crippen molar-refractivity contribution in [3.63, 3.8) is 0 Å². The number of hydrogen-bond donors (Lipinski definition) is 0. The van der Waals surface area contributed by atoms with E-state index in [0.717, 1.165) is 31.7 Å². The summed E-state index contributed by atoms with van der Waals surface area (Å²) in [7, 11) is 0. The quantitative estimate of drug-likeness (QED) is 0.516. The van der Waals surface area contributed by atoms with Gasteiger partial charge in [-0.15, -0.1) is 0 Å². The van der Waals surface area contributed by atoms with Crippen LogP contribution >= 0.6 is 0 Å². The SMILES string of the molecule is CC(C)(C)c1ccc(C=NN2CCN(C3c4ccccc4-c4ccccc43)CC2)cc1. The Labute approximate surface area is 186 Å². The van der Waals surface area contributed by atoms with E-state index in [0.29, 0.717) is 6.04 Å². The highest BCUT2D eigenvalue weighted by molar-refractivity contribution is 5.79. The molecule has 0 radical (unpaired) electrons. The molecule has 0 saturated carbocycles. The lowest BCUT2D eigenvalue weighted by Crippen LogP contribution is -2.45. The Kier molecular flexibility index (Phi) is 5.15. The molecule has 1 aliphatic carbocycles. The van der Waals surface area contributed by atoms with E-state index in [9.17, 15) is 0 Å². The van der Waals surface area contributed by atoms with Gasteiger partial charge in [0.15, 0.2) is 0 Å². The summed E-state index contributed by atoms with van der Waals surface area (Å²) in [5.41, 5.74) is 8.37. The van der Waals surface area contributed by atoms with Crippen LogP contribution < -0.4 is 0 Å². The van der Waals surface area contributed by atoms with Gasteiger partial charge in [0.1, 0.15) is 0 Å². The predicted molar refractivity (Wildman–Crippen MR) is 130 cm³/mol. The molecule has 5 rings (SSSR count). The van der Waals surface area contributed by atoms with E-state index in [1.54, 1.807) is 0 Å². The first kappa shape index (κ1) is 20.0. The Bertz CT molecular complexity index is 1040. The molecular formula is C28H31N3. The zero-order chi connectivity index (χ0) is 21.4. The molecule has 1 aliphatic heterocycles. The third-order valence-corrected chi connectivity index (χ3v) is 6.60. The van der Waals surface area contributed by atoms with Crippen molar-refractivity contribution in [3.8, 4) is 11.1 Å². The number of hydrogen-bond acceptors (Lipinski definition) is 3. The molecule has 1 fully saturated rings. The van der Waals surface area contributed by atoms with Gasteiger partial charge in [-0.3, -0.25) is 9.91 Å². The molecular weight excluding hydrogens is 378 g/mol. The van der Waals surface area contributed by atoms with Crippen molar-refractivity contribution in [2.24, 2.45) is 5.10 Å². The van der Waals surface area contributed by atoms with Gasteiger partial charge < -0.3 is 0 Å². The van der Waals surface area contributed by atoms with Crippen molar-refractivity contribution < 1.29 is 0 Å². The number of benzene rings is 3. The molecule has 0 atom stereocenters. The summed E-state index contributed by atoms with van der Waals surface area (Å²) in [5, 5.41) is 6.99. The van der Waals surface area contributed by atoms with Crippen LogP contribution in [-0.2, 0) is 5.41 Å². The standard InChI is InChI=1S/C28H31N3/c1-28(2,3)22-14-12-21(13-15-22)20-29-31-18-16-30(17-19-31)27-25-10-6-4-8-23(25)24-9-5-7-11-26(24)27/h4-15,20,27H,16-19H2,1-3H3. The highest BCUT2D eigenvalue weighted by Gasteiger charge is 2.33. The van der Waals surface area contributed by atoms with Gasteiger partial charge in [-0.1, -0.05) is 93.6 Å². The number of rotatable bonds is 3. The van der Waals surface area contributed by atoms with Crippen molar-refractivity contribution in [2.45, 2.75) is 32.2 Å². The number of nitrogens with zero attached hydrogens (tertiary/aromatic N) is 3. The van der Waals surface area contributed by atoms with Crippen molar-refractivity contribution in [2.75, 3.05) is 26.2 Å². The minimum Gasteiger partial charge on any atom is -0.294 e. The van der Waals surface area contributed by atoms with E-state index in [1.807, 2.05) is 6.21 Å². The van der Waals surface area contributed by atoms with Crippen LogP contribution in [-0.4, -0.2) is 42.3 Å². The smallest absolute Gasteiger partial charge is 0.0615 e. The lowest BCUT2D eigenvalue weighted by atomic mass is 9.87. The van der Waals surface area contributed by atoms with Crippen LogP contribution in [0.4, 0.5) is 0 Å². The molecule has 0 amide bonds. The largest absolute Gasteiger partial charge is 0.294 e. The van der Waals surface area contributed by atoms with Crippen molar-refractivity contribution in [1.82, 2.24) is 9.91 Å². The van der Waals surface area contributed by atoms with Crippen LogP contribution in [0.5, 0.6) is 0 Å². The third-order valence-electron chi connectivity index (χ3n) is 6.60. The fourth-order valence-electron chi connectivity index (χ4n) is 4.82. The topological polar surface area (TPSA) is 18.8 Å². The second-order valence-corrected chi connectivity index (χ2v) is 9.68. The normalized spacial score (nSPS) is 17.2. The van der Waals surface area contributed by atoms with Gasteiger partial charge in [0.2, 0.25) is 0 Å². The molecule has 2 aliphatic rings. The zero-order valence-electron chi connectivity index (χ0n) is 18.8. The fraction of sp³-hybridized carbons (Fsp3) is 0.321. The summed E-state index contributed by atoms with van der Waals surface area (Å²) >= 11 is 0. The van der Waals surface area contributed by atoms with Gasteiger partial charge in [0.25, 0.3) is 0 Å². The Morgan fingerprint density at radius 3 is 1.84 bits per heavy atom. The molecule has 0 aromatic heterocycles. The number of hydrazone groups is 1. The van der Waals surface area contributed by atoms with Gasteiger partial charge >= 0.3 is 0 Å². The molecule has 3 heteroatoms. The molecule has 3 aromatic carbocycles. The zero-order valence-corrected chi connectivity index (χ0v) is 18.8. The van der Waals surface area contributed by atoms with Crippen LogP contribution in [0, 0.1) is 0 Å². The molecule has 158 valence electrons. The van der Waals surface area contributed by atoms with E-state index in [-0.39, 0.29) is 5.41 Å². The average Bonchev–Trinajstić information content (AvgIpc) is 3.12. The summed E-state index contributed by atoms with van der Waals surface area (Å²) in [5.74, 6) is 0. The highest BCUT2D eigenvalue weighted by Crippen LogP contribution is 2.46. The maximum Gasteiger partial charge on any atom is 0.0615 e. The first-order valence-corrected chi connectivity index (χ1v) is 11.3. The summed E-state index contributed by atoms with van der Waals surface area (Å²) < 4.78 is 0. The van der Waals surface area contributed by atoms with Gasteiger partial charge in [0.05, 0.1) is 12.3 Å². The molecule has 31 heavy (non-hydrogen) atoms. The highest BCUT2D eigenvalue weighted by atomic mass is 15.5. The van der Waals surface area contributed by atoms with E-state index < -0.39 is 0 Å². The maximum absolute atomic E-state index is 4.78. The molecule has 1 saturated heterocycles. The first-order chi connectivity index (χ1) is 15.0. The van der Waals surface area contributed by atoms with Gasteiger partial charge in [-0.25, -0.2) is 0 Å². The molecule has 1 heterocycles. The Morgan fingerprint density at radius 2 is 1.29 bits per heavy atom. The molecule has 0 bridgehead atoms. The Balaban J connectivity index is 1.27. The van der Waals surface area contributed by atoms with Crippen molar-refractivity contribution in [1.29, 1.82) is 0 Å². The fourth-order valence-corrected chi connectivity index (χ4v) is 4.82. The summed E-state index contributed by atoms with van der Waals surface area (Å²) in [4.78, 5) is 2.62. The van der Waals surface area contributed by atoms with Crippen LogP contribution in [0.25, 0.3) is 11.1 Å². The second-order valence-electron chi connectivity index (χ2n) is 9.68. The lowest BCUT2D eigenvalue weighted by molar-refractivity contribution is 0.114. The van der Waals surface area contributed by atoms with Crippen LogP contribution in [0.3, 0.4) is 0 Å². The Hall–Kier alpha value is -2.91. The van der Waals surface area contributed by atoms with Gasteiger partial charge in [0, 0.05) is 26.2 Å². The number of fused-ring (bicyclic) bond motifs is 3. The monoisotopic (exact) mass is 409 g/mol.